The molecule has 9 heteroatoms. The maximum Gasteiger partial charge on any atom is 0.341 e. The molecule has 1 aromatic carbocycles. The lowest BCUT2D eigenvalue weighted by atomic mass is 10.3. The number of alkyl halides is 2. The average Bonchev–Trinajstić information content (AvgIpc) is 2.27. The third-order valence-corrected chi connectivity index (χ3v) is 3.30. The van der Waals surface area contributed by atoms with Crippen LogP contribution in [0.25, 0.3) is 0 Å². The second kappa shape index (κ2) is 4.62. The van der Waals surface area contributed by atoms with E-state index in [4.69, 9.17) is 0 Å². The minimum absolute atomic E-state index is 0.365. The highest BCUT2D eigenvalue weighted by molar-refractivity contribution is 7.91. The third kappa shape index (κ3) is 2.49. The molecule has 0 amide bonds. The Morgan fingerprint density at radius 2 is 2.00 bits per heavy atom. The summed E-state index contributed by atoms with van der Waals surface area (Å²) < 4.78 is 51.7. The standard InChI is InChI=1S/C8H7F2NO5S/c1-16-6-3-2-5(11(12)13)4-7(6)17(14,15)8(9)10/h2-4,8H,1H3. The van der Waals surface area contributed by atoms with E-state index in [1.165, 1.54) is 0 Å². The molecule has 0 aliphatic carbocycles. The third-order valence-electron chi connectivity index (χ3n) is 1.90. The van der Waals surface area contributed by atoms with E-state index >= 15 is 0 Å². The zero-order valence-electron chi connectivity index (χ0n) is 8.46. The molecule has 0 unspecified atom stereocenters. The van der Waals surface area contributed by atoms with Gasteiger partial charge in [0, 0.05) is 12.1 Å². The van der Waals surface area contributed by atoms with Gasteiger partial charge in [0.05, 0.1) is 12.0 Å². The van der Waals surface area contributed by atoms with E-state index in [0.29, 0.717) is 6.07 Å². The van der Waals surface area contributed by atoms with Crippen molar-refractivity contribution in [2.75, 3.05) is 7.11 Å². The van der Waals surface area contributed by atoms with Gasteiger partial charge in [-0.05, 0) is 6.07 Å². The first-order valence-electron chi connectivity index (χ1n) is 4.15. The van der Waals surface area contributed by atoms with Gasteiger partial charge in [0.1, 0.15) is 10.6 Å². The lowest BCUT2D eigenvalue weighted by Crippen LogP contribution is -2.13. The summed E-state index contributed by atoms with van der Waals surface area (Å²) >= 11 is 0. The number of nitro benzene ring substituents is 1. The van der Waals surface area contributed by atoms with Crippen LogP contribution in [0.1, 0.15) is 0 Å². The van der Waals surface area contributed by atoms with Crippen LogP contribution in [0.2, 0.25) is 0 Å². The fourth-order valence-electron chi connectivity index (χ4n) is 1.10. The summed E-state index contributed by atoms with van der Waals surface area (Å²) in [5.41, 5.74) is -0.606. The van der Waals surface area contributed by atoms with Crippen molar-refractivity contribution in [3.63, 3.8) is 0 Å². The van der Waals surface area contributed by atoms with Crippen LogP contribution >= 0.6 is 0 Å². The van der Waals surface area contributed by atoms with Gasteiger partial charge in [-0.3, -0.25) is 10.1 Å². The van der Waals surface area contributed by atoms with E-state index in [2.05, 4.69) is 4.74 Å². The van der Waals surface area contributed by atoms with E-state index < -0.39 is 31.1 Å². The van der Waals surface area contributed by atoms with Gasteiger partial charge >= 0.3 is 5.76 Å². The fourth-order valence-corrected chi connectivity index (χ4v) is 2.01. The molecule has 0 bridgehead atoms. The largest absolute Gasteiger partial charge is 0.495 e. The lowest BCUT2D eigenvalue weighted by Gasteiger charge is -2.08. The molecule has 1 aromatic rings. The summed E-state index contributed by atoms with van der Waals surface area (Å²) in [5, 5.41) is 10.4. The summed E-state index contributed by atoms with van der Waals surface area (Å²) in [6, 6.07) is 2.46. The monoisotopic (exact) mass is 267 g/mol. The van der Waals surface area contributed by atoms with Gasteiger partial charge in [0.25, 0.3) is 5.69 Å². The van der Waals surface area contributed by atoms with Crippen molar-refractivity contribution in [1.82, 2.24) is 0 Å². The highest BCUT2D eigenvalue weighted by Crippen LogP contribution is 2.31. The number of nitrogens with zero attached hydrogens (tertiary/aromatic N) is 1. The predicted octanol–water partition coefficient (Wildman–Crippen LogP) is 1.60. The Kier molecular flexibility index (Phi) is 3.61. The first-order valence-corrected chi connectivity index (χ1v) is 5.70. The minimum Gasteiger partial charge on any atom is -0.495 e. The number of hydrogen-bond acceptors (Lipinski definition) is 5. The van der Waals surface area contributed by atoms with E-state index in [1.54, 1.807) is 0 Å². The predicted molar refractivity (Wildman–Crippen MR) is 52.8 cm³/mol. The van der Waals surface area contributed by atoms with Crippen LogP contribution in [0.15, 0.2) is 23.1 Å². The van der Waals surface area contributed by atoms with Crippen molar-refractivity contribution < 1.29 is 26.9 Å². The molecular formula is C8H7F2NO5S. The second-order valence-corrected chi connectivity index (χ2v) is 4.78. The van der Waals surface area contributed by atoms with Crippen molar-refractivity contribution in [3.8, 4) is 5.75 Å². The average molecular weight is 267 g/mol. The molecule has 0 radical (unpaired) electrons. The maximum atomic E-state index is 12.3. The van der Waals surface area contributed by atoms with E-state index in [-0.39, 0.29) is 5.75 Å². The quantitative estimate of drug-likeness (QED) is 0.610. The van der Waals surface area contributed by atoms with Crippen molar-refractivity contribution in [2.24, 2.45) is 0 Å². The molecule has 0 heterocycles. The molecular weight excluding hydrogens is 260 g/mol. The van der Waals surface area contributed by atoms with Crippen LogP contribution in [0.3, 0.4) is 0 Å². The van der Waals surface area contributed by atoms with Crippen LogP contribution in [-0.4, -0.2) is 26.2 Å². The molecule has 0 aliphatic heterocycles. The lowest BCUT2D eigenvalue weighted by molar-refractivity contribution is -0.385. The van der Waals surface area contributed by atoms with Crippen LogP contribution in [0, 0.1) is 10.1 Å². The SMILES string of the molecule is COc1ccc([N+](=O)[O-])cc1S(=O)(=O)C(F)F. The fraction of sp³-hybridized carbons (Fsp3) is 0.250. The summed E-state index contributed by atoms with van der Waals surface area (Å²) in [6.45, 7) is 0. The number of ether oxygens (including phenoxy) is 1. The molecule has 0 atom stereocenters. The summed E-state index contributed by atoms with van der Waals surface area (Å²) in [6.07, 6.45) is 0. The van der Waals surface area contributed by atoms with Crippen molar-refractivity contribution in [1.29, 1.82) is 0 Å². The van der Waals surface area contributed by atoms with E-state index in [1.807, 2.05) is 0 Å². The summed E-state index contributed by atoms with van der Waals surface area (Å²) in [4.78, 5) is 8.65. The van der Waals surface area contributed by atoms with Crippen LogP contribution in [0.5, 0.6) is 5.75 Å². The number of halogens is 2. The molecule has 0 saturated carbocycles. The van der Waals surface area contributed by atoms with Gasteiger partial charge in [-0.15, -0.1) is 0 Å². The molecule has 0 fully saturated rings. The van der Waals surface area contributed by atoms with Crippen LogP contribution in [-0.2, 0) is 9.84 Å². The zero-order valence-corrected chi connectivity index (χ0v) is 9.28. The summed E-state index contributed by atoms with van der Waals surface area (Å²) in [5.74, 6) is -4.03. The molecule has 0 aliphatic rings. The van der Waals surface area contributed by atoms with Crippen molar-refractivity contribution in [2.45, 2.75) is 10.7 Å². The number of hydrogen-bond donors (Lipinski definition) is 0. The number of nitro groups is 1. The van der Waals surface area contributed by atoms with E-state index in [9.17, 15) is 27.3 Å². The molecule has 6 nitrogen and oxygen atoms in total. The van der Waals surface area contributed by atoms with Crippen LogP contribution in [0.4, 0.5) is 14.5 Å². The van der Waals surface area contributed by atoms with Crippen LogP contribution < -0.4 is 4.74 Å². The number of non-ortho nitro benzene ring substituents is 1. The molecule has 17 heavy (non-hydrogen) atoms. The topological polar surface area (TPSA) is 86.5 Å². The molecule has 0 N–H and O–H groups in total. The molecule has 0 saturated heterocycles. The van der Waals surface area contributed by atoms with Gasteiger partial charge in [-0.25, -0.2) is 8.42 Å². The Bertz CT molecular complexity index is 543. The normalized spacial score (nSPS) is 11.5. The van der Waals surface area contributed by atoms with E-state index in [0.717, 1.165) is 19.2 Å². The van der Waals surface area contributed by atoms with Gasteiger partial charge in [0.2, 0.25) is 9.84 Å². The van der Waals surface area contributed by atoms with Crippen molar-refractivity contribution >= 4 is 15.5 Å². The van der Waals surface area contributed by atoms with Gasteiger partial charge < -0.3 is 4.74 Å². The Hall–Kier alpha value is -1.77. The Labute approximate surface area is 94.9 Å². The first kappa shape index (κ1) is 13.3. The Morgan fingerprint density at radius 3 is 2.41 bits per heavy atom. The highest BCUT2D eigenvalue weighted by Gasteiger charge is 2.31. The second-order valence-electron chi connectivity index (χ2n) is 2.90. The highest BCUT2D eigenvalue weighted by atomic mass is 32.2. The van der Waals surface area contributed by atoms with Gasteiger partial charge in [0.15, 0.2) is 0 Å². The minimum atomic E-state index is -4.94. The number of benzene rings is 1. The molecule has 0 spiro atoms. The molecule has 0 aromatic heterocycles. The number of methoxy groups -OCH3 is 1. The number of rotatable bonds is 4. The first-order chi connectivity index (χ1) is 7.80. The Morgan fingerprint density at radius 1 is 1.41 bits per heavy atom. The van der Waals surface area contributed by atoms with Gasteiger partial charge in [-0.1, -0.05) is 0 Å². The zero-order chi connectivity index (χ0) is 13.2. The van der Waals surface area contributed by atoms with Crippen molar-refractivity contribution in [3.05, 3.63) is 28.3 Å². The smallest absolute Gasteiger partial charge is 0.341 e. The van der Waals surface area contributed by atoms with Gasteiger partial charge in [-0.2, -0.15) is 8.78 Å². The maximum absolute atomic E-state index is 12.3. The summed E-state index contributed by atoms with van der Waals surface area (Å²) in [7, 11) is -3.86. The molecule has 1 rings (SSSR count). The molecule has 94 valence electrons. The Balaban J connectivity index is 3.49. The number of sulfone groups is 1.